The van der Waals surface area contributed by atoms with Crippen LogP contribution in [0.25, 0.3) is 16.3 Å². The largest absolute Gasteiger partial charge is 0.506 e. The number of ketones is 1. The van der Waals surface area contributed by atoms with Crippen LogP contribution >= 0.6 is 0 Å². The lowest BCUT2D eigenvalue weighted by Gasteiger charge is -2.56. The Labute approximate surface area is 254 Å². The van der Waals surface area contributed by atoms with Crippen molar-refractivity contribution < 1.29 is 39.2 Å². The molecule has 4 fully saturated rings. The van der Waals surface area contributed by atoms with Crippen molar-refractivity contribution in [3.05, 3.63) is 65.7 Å². The highest BCUT2D eigenvalue weighted by Gasteiger charge is 2.72. The number of anilines is 1. The van der Waals surface area contributed by atoms with Gasteiger partial charge in [-0.2, -0.15) is 0 Å². The molecule has 3 aromatic carbocycles. The van der Waals surface area contributed by atoms with Gasteiger partial charge in [0.1, 0.15) is 22.7 Å². The number of aromatic hydroxyl groups is 2. The first-order valence-electron chi connectivity index (χ1n) is 15.0. The molecule has 3 aromatic rings. The maximum Gasteiger partial charge on any atom is 0.339 e. The first kappa shape index (κ1) is 28.4. The van der Waals surface area contributed by atoms with Crippen LogP contribution in [-0.2, 0) is 14.3 Å². The van der Waals surface area contributed by atoms with E-state index >= 15 is 0 Å². The van der Waals surface area contributed by atoms with Gasteiger partial charge in [-0.25, -0.2) is 4.79 Å². The number of methoxy groups -OCH3 is 1. The van der Waals surface area contributed by atoms with E-state index in [0.717, 1.165) is 53.5 Å². The van der Waals surface area contributed by atoms with Crippen molar-refractivity contribution in [1.82, 2.24) is 0 Å². The number of nitrogens with one attached hydrogen (secondary N) is 1. The standard InChI is InChI=1S/C35H35NO8/c1-33(11-10-27(38)36-28-25(37)9-8-23(29(28)39)32(41)42)30-26-14-21-15-35(30,17-34(21,2)44-26)16-24(31(33)40)20-5-4-19-13-22(43-3)7-6-18(19)12-20/h4-9,12-13,16,21,26,30,37,39H,10-11,14-15,17H2,1-3H3,(H,36,38)(H,41,42)/t21-,26-,30-,33-,34-,35+/m0/s1. The number of carboxylic acid groups (broad SMARTS) is 1. The fourth-order valence-corrected chi connectivity index (χ4v) is 9.00. The van der Waals surface area contributed by atoms with Gasteiger partial charge in [0.15, 0.2) is 11.5 Å². The summed E-state index contributed by atoms with van der Waals surface area (Å²) in [5, 5.41) is 34.5. The van der Waals surface area contributed by atoms with Crippen LogP contribution in [0.3, 0.4) is 0 Å². The van der Waals surface area contributed by atoms with Crippen molar-refractivity contribution >= 4 is 39.7 Å². The molecule has 2 saturated carbocycles. The first-order chi connectivity index (χ1) is 20.9. The second-order valence-electron chi connectivity index (χ2n) is 13.4. The minimum absolute atomic E-state index is 0.0325. The van der Waals surface area contributed by atoms with Crippen molar-refractivity contribution in [2.45, 2.75) is 57.7 Å². The number of phenolic OH excluding ortho intramolecular Hbond substituents is 1. The van der Waals surface area contributed by atoms with Gasteiger partial charge in [-0.05, 0) is 90.6 Å². The molecule has 2 aliphatic heterocycles. The number of rotatable bonds is 7. The Balaban J connectivity index is 1.24. The maximum absolute atomic E-state index is 14.6. The van der Waals surface area contributed by atoms with E-state index in [4.69, 9.17) is 9.47 Å². The topological polar surface area (TPSA) is 142 Å². The monoisotopic (exact) mass is 597 g/mol. The summed E-state index contributed by atoms with van der Waals surface area (Å²) in [7, 11) is 1.63. The normalized spacial score (nSPS) is 31.6. The van der Waals surface area contributed by atoms with Gasteiger partial charge in [0.2, 0.25) is 5.91 Å². The average Bonchev–Trinajstić information content (AvgIpc) is 3.35. The number of Topliss-reactive ketones (excluding diaryl/α,β-unsaturated/α-hetero) is 1. The van der Waals surface area contributed by atoms with Gasteiger partial charge in [-0.15, -0.1) is 0 Å². The summed E-state index contributed by atoms with van der Waals surface area (Å²) in [6.07, 6.45) is 4.90. The average molecular weight is 598 g/mol. The van der Waals surface area contributed by atoms with Gasteiger partial charge >= 0.3 is 5.97 Å². The molecule has 228 valence electrons. The zero-order chi connectivity index (χ0) is 31.2. The smallest absolute Gasteiger partial charge is 0.339 e. The fourth-order valence-electron chi connectivity index (χ4n) is 9.00. The van der Waals surface area contributed by atoms with E-state index in [1.54, 1.807) is 7.11 Å². The third-order valence-corrected chi connectivity index (χ3v) is 10.9. The molecule has 3 aliphatic carbocycles. The summed E-state index contributed by atoms with van der Waals surface area (Å²) >= 11 is 0. The Hall–Kier alpha value is -4.37. The van der Waals surface area contributed by atoms with Gasteiger partial charge in [0, 0.05) is 23.3 Å². The summed E-state index contributed by atoms with van der Waals surface area (Å²) in [6.45, 7) is 4.14. The molecule has 1 amide bonds. The number of carboxylic acids is 1. The lowest BCUT2D eigenvalue weighted by Crippen LogP contribution is -2.57. The van der Waals surface area contributed by atoms with Crippen LogP contribution in [0, 0.1) is 22.7 Å². The lowest BCUT2D eigenvalue weighted by molar-refractivity contribution is -0.168. The number of carbonyl (C=O) groups excluding carboxylic acids is 2. The first-order valence-corrected chi connectivity index (χ1v) is 15.0. The molecule has 6 atom stereocenters. The molecule has 5 aliphatic rings. The molecule has 2 heterocycles. The van der Waals surface area contributed by atoms with Crippen molar-refractivity contribution in [2.24, 2.45) is 22.7 Å². The summed E-state index contributed by atoms with van der Waals surface area (Å²) < 4.78 is 12.0. The minimum Gasteiger partial charge on any atom is -0.506 e. The van der Waals surface area contributed by atoms with Crippen LogP contribution in [0.1, 0.15) is 61.9 Å². The molecule has 4 N–H and O–H groups in total. The van der Waals surface area contributed by atoms with Crippen LogP contribution in [0.2, 0.25) is 0 Å². The molecular weight excluding hydrogens is 562 g/mol. The molecule has 0 radical (unpaired) electrons. The van der Waals surface area contributed by atoms with Crippen LogP contribution < -0.4 is 10.1 Å². The summed E-state index contributed by atoms with van der Waals surface area (Å²) in [6, 6.07) is 14.0. The van der Waals surface area contributed by atoms with E-state index in [9.17, 15) is 29.7 Å². The second-order valence-corrected chi connectivity index (χ2v) is 13.4. The molecule has 9 heteroatoms. The van der Waals surface area contributed by atoms with Crippen LogP contribution in [0.15, 0.2) is 54.6 Å². The van der Waals surface area contributed by atoms with E-state index < -0.39 is 34.4 Å². The van der Waals surface area contributed by atoms with Crippen molar-refractivity contribution in [1.29, 1.82) is 0 Å². The molecule has 9 nitrogen and oxygen atoms in total. The number of hydrogen-bond donors (Lipinski definition) is 4. The van der Waals surface area contributed by atoms with Gasteiger partial charge in [0.25, 0.3) is 0 Å². The lowest BCUT2D eigenvalue weighted by atomic mass is 9.49. The molecule has 1 spiro atoms. The Kier molecular flexibility index (Phi) is 6.17. The number of fused-ring (bicyclic) bond motifs is 1. The highest BCUT2D eigenvalue weighted by atomic mass is 16.5. The maximum atomic E-state index is 14.6. The molecule has 44 heavy (non-hydrogen) atoms. The fraction of sp³-hybridized carbons (Fsp3) is 0.400. The van der Waals surface area contributed by atoms with Gasteiger partial charge < -0.3 is 30.1 Å². The van der Waals surface area contributed by atoms with Crippen molar-refractivity contribution in [2.75, 3.05) is 12.4 Å². The van der Waals surface area contributed by atoms with Crippen LogP contribution in [0.4, 0.5) is 5.69 Å². The Morgan fingerprint density at radius 2 is 1.82 bits per heavy atom. The Morgan fingerprint density at radius 1 is 1.07 bits per heavy atom. The van der Waals surface area contributed by atoms with E-state index in [1.807, 2.05) is 43.3 Å². The minimum atomic E-state index is -1.39. The predicted octanol–water partition coefficient (Wildman–Crippen LogP) is 5.92. The number of phenols is 2. The highest BCUT2D eigenvalue weighted by Crippen LogP contribution is 2.72. The van der Waals surface area contributed by atoms with Crippen molar-refractivity contribution in [3.63, 3.8) is 0 Å². The predicted molar refractivity (Wildman–Crippen MR) is 163 cm³/mol. The number of ether oxygens (including phenoxy) is 2. The number of hydrogen-bond acceptors (Lipinski definition) is 7. The molecule has 4 bridgehead atoms. The Bertz CT molecular complexity index is 1800. The number of allylic oxidation sites excluding steroid dienone is 2. The zero-order valence-electron chi connectivity index (χ0n) is 24.8. The third kappa shape index (κ3) is 4.05. The quantitative estimate of drug-likeness (QED) is 0.246. The van der Waals surface area contributed by atoms with Crippen LogP contribution in [-0.4, -0.2) is 51.8 Å². The zero-order valence-corrected chi connectivity index (χ0v) is 24.8. The number of amides is 1. The Morgan fingerprint density at radius 3 is 2.55 bits per heavy atom. The van der Waals surface area contributed by atoms with Crippen LogP contribution in [0.5, 0.6) is 17.2 Å². The summed E-state index contributed by atoms with van der Waals surface area (Å²) in [5.41, 5.74) is -0.704. The highest BCUT2D eigenvalue weighted by molar-refractivity contribution is 6.25. The molecule has 0 aromatic heterocycles. The molecular formula is C35H35NO8. The van der Waals surface area contributed by atoms with E-state index in [1.165, 1.54) is 0 Å². The van der Waals surface area contributed by atoms with Gasteiger partial charge in [-0.1, -0.05) is 31.2 Å². The van der Waals surface area contributed by atoms with Gasteiger partial charge in [0.05, 0.1) is 18.8 Å². The van der Waals surface area contributed by atoms with E-state index in [2.05, 4.69) is 18.3 Å². The molecule has 0 unspecified atom stereocenters. The third-order valence-electron chi connectivity index (χ3n) is 10.9. The summed E-state index contributed by atoms with van der Waals surface area (Å²) in [5.74, 6) is -2.08. The summed E-state index contributed by atoms with van der Waals surface area (Å²) in [4.78, 5) is 39.4. The second kappa shape index (κ2) is 9.56. The van der Waals surface area contributed by atoms with Gasteiger partial charge in [-0.3, -0.25) is 9.59 Å². The van der Waals surface area contributed by atoms with E-state index in [-0.39, 0.29) is 47.4 Å². The molecule has 2 saturated heterocycles. The SMILES string of the molecule is COc1ccc2cc(C3=C[C@]45C[C@@H]6C[C@H](O[C@@]6(C)C4)[C@H]5[C@](C)(CCC(=O)Nc4c(O)ccc(C(=O)O)c4O)C3=O)ccc2c1. The van der Waals surface area contributed by atoms with E-state index in [0.29, 0.717) is 11.5 Å². The molecule has 8 rings (SSSR count). The number of carbonyl (C=O) groups is 3. The number of aromatic carboxylic acids is 1. The van der Waals surface area contributed by atoms with Crippen molar-refractivity contribution in [3.8, 4) is 17.2 Å². The number of benzene rings is 3.